The number of thioether (sulfide) groups is 1. The average molecular weight is 567 g/mol. The van der Waals surface area contributed by atoms with Crippen molar-refractivity contribution in [1.82, 2.24) is 19.9 Å². The van der Waals surface area contributed by atoms with Gasteiger partial charge in [-0.2, -0.15) is 0 Å². The fraction of sp³-hybridized carbons (Fsp3) is 0.350. The Kier molecular flexibility index (Phi) is 7.72. The van der Waals surface area contributed by atoms with Gasteiger partial charge in [-0.25, -0.2) is 14.6 Å². The molecule has 0 unspecified atom stereocenters. The number of carboxylic acids is 1. The van der Waals surface area contributed by atoms with Gasteiger partial charge in [0.25, 0.3) is 11.8 Å². The summed E-state index contributed by atoms with van der Waals surface area (Å²) in [6.07, 6.45) is 0.716. The van der Waals surface area contributed by atoms with Crippen molar-refractivity contribution in [3.05, 3.63) is 34.6 Å². The zero-order valence-corrected chi connectivity index (χ0v) is 21.5. The van der Waals surface area contributed by atoms with E-state index in [4.69, 9.17) is 26.8 Å². The molecule has 0 spiro atoms. The maximum Gasteiger partial charge on any atom is 0.404 e. The first-order chi connectivity index (χ1) is 18.1. The van der Waals surface area contributed by atoms with Crippen LogP contribution < -0.4 is 27.2 Å². The van der Waals surface area contributed by atoms with Gasteiger partial charge in [0.15, 0.2) is 29.4 Å². The zero-order chi connectivity index (χ0) is 27.6. The van der Waals surface area contributed by atoms with Crippen molar-refractivity contribution in [2.24, 2.45) is 10.9 Å². The second kappa shape index (κ2) is 11.0. The molecule has 4 rings (SSSR count). The van der Waals surface area contributed by atoms with E-state index in [1.165, 1.54) is 24.3 Å². The molecule has 2 aliphatic rings. The third-order valence-corrected chi connectivity index (χ3v) is 7.64. The first-order valence-corrected chi connectivity index (χ1v) is 12.9. The van der Waals surface area contributed by atoms with Crippen molar-refractivity contribution in [2.45, 2.75) is 24.5 Å². The number of carbonyl (C=O) groups is 4. The molecule has 0 radical (unpaired) electrons. The predicted octanol–water partition coefficient (Wildman–Crippen LogP) is -1.72. The summed E-state index contributed by atoms with van der Waals surface area (Å²) in [5.41, 5.74) is 16.9. The monoisotopic (exact) mass is 566 g/mol. The minimum atomic E-state index is -1.29. The van der Waals surface area contributed by atoms with Crippen molar-refractivity contribution in [3.8, 4) is 0 Å². The number of aliphatic carboxylic acids is 1. The molecule has 0 bridgehead atoms. The summed E-state index contributed by atoms with van der Waals surface area (Å²) < 4.78 is 8.00. The summed E-state index contributed by atoms with van der Waals surface area (Å²) in [5.74, 6) is -1.97. The van der Waals surface area contributed by atoms with E-state index < -0.39 is 35.3 Å². The number of ether oxygens (including phenoxy) is 1. The van der Waals surface area contributed by atoms with Crippen LogP contribution in [0.4, 0.5) is 15.7 Å². The van der Waals surface area contributed by atoms with Crippen LogP contribution in [-0.4, -0.2) is 80.1 Å². The highest BCUT2D eigenvalue weighted by atomic mass is 32.2. The molecule has 0 aliphatic carbocycles. The van der Waals surface area contributed by atoms with Crippen LogP contribution in [0.3, 0.4) is 0 Å². The molecule has 38 heavy (non-hydrogen) atoms. The minimum Gasteiger partial charge on any atom is -0.477 e. The van der Waals surface area contributed by atoms with Crippen LogP contribution in [0.1, 0.15) is 5.69 Å². The lowest BCUT2D eigenvalue weighted by Gasteiger charge is -2.49. The molecule has 2 aromatic rings. The SMILES string of the molecule is CON=C(C(=O)N[C@@H]1C(=O)N2C(C(=O)O)=C(C[n+]3ccc(N)n3CCOC(N)=O)CS[C@H]12)c1csc(N)n1. The highest BCUT2D eigenvalue weighted by molar-refractivity contribution is 8.00. The number of aromatic nitrogens is 3. The molecule has 18 heteroatoms. The van der Waals surface area contributed by atoms with Crippen LogP contribution in [0, 0.1) is 0 Å². The van der Waals surface area contributed by atoms with Gasteiger partial charge in [0.05, 0.1) is 6.07 Å². The first-order valence-electron chi connectivity index (χ1n) is 10.9. The number of anilines is 2. The highest BCUT2D eigenvalue weighted by Crippen LogP contribution is 2.40. The number of carboxylic acid groups (broad SMARTS) is 1. The Bertz CT molecular complexity index is 1350. The van der Waals surface area contributed by atoms with Gasteiger partial charge in [-0.05, 0) is 0 Å². The van der Waals surface area contributed by atoms with E-state index in [9.17, 15) is 24.3 Å². The maximum atomic E-state index is 13.0. The average Bonchev–Trinajstić information content (AvgIpc) is 3.45. The number of amides is 3. The number of rotatable bonds is 10. The van der Waals surface area contributed by atoms with E-state index in [-0.39, 0.29) is 47.7 Å². The summed E-state index contributed by atoms with van der Waals surface area (Å²) in [5, 5.41) is 17.4. The largest absolute Gasteiger partial charge is 0.477 e. The summed E-state index contributed by atoms with van der Waals surface area (Å²) in [7, 11) is 1.26. The zero-order valence-electron chi connectivity index (χ0n) is 19.9. The number of β-lactam (4-membered cyclic amide) rings is 1. The smallest absolute Gasteiger partial charge is 0.404 e. The predicted molar refractivity (Wildman–Crippen MR) is 134 cm³/mol. The van der Waals surface area contributed by atoms with E-state index in [2.05, 4.69) is 15.5 Å². The van der Waals surface area contributed by atoms with Crippen LogP contribution in [0.25, 0.3) is 0 Å². The molecule has 3 amide bonds. The standard InChI is InChI=1S/C20H23N9O7S2/c1-35-26-12(10-8-38-19(22)24-10)15(30)25-13-16(31)29-14(18(32)33)9(7-37-17(13)29)6-27-3-2-11(21)28(27)4-5-36-20(23)34/h2-3,8,13,17,21H,4-7H2,1H3,(H6,22,23,24,25,30,32,33,34)/p+1/t13-,17-/m1/s1. The normalized spacial score (nSPS) is 19.0. The number of fused-ring (bicyclic) bond motifs is 1. The number of nitrogens with one attached hydrogen (secondary N) is 1. The van der Waals surface area contributed by atoms with Gasteiger partial charge >= 0.3 is 12.1 Å². The van der Waals surface area contributed by atoms with Crippen LogP contribution in [-0.2, 0) is 37.0 Å². The fourth-order valence-electron chi connectivity index (χ4n) is 4.01. The van der Waals surface area contributed by atoms with Gasteiger partial charge in [-0.1, -0.05) is 5.16 Å². The van der Waals surface area contributed by atoms with Crippen LogP contribution in [0.2, 0.25) is 0 Å². The number of thiazole rings is 1. The molecule has 2 aromatic heterocycles. The molecule has 16 nitrogen and oxygen atoms in total. The van der Waals surface area contributed by atoms with Gasteiger partial charge in [0.1, 0.15) is 43.1 Å². The molecule has 2 atom stereocenters. The Hall–Kier alpha value is -4.32. The topological polar surface area (TPSA) is 234 Å². The van der Waals surface area contributed by atoms with Gasteiger partial charge in [-0.3, -0.25) is 14.5 Å². The minimum absolute atomic E-state index is 0.0380. The Balaban J connectivity index is 1.51. The Morgan fingerprint density at radius 3 is 2.76 bits per heavy atom. The molecular weight excluding hydrogens is 542 g/mol. The molecule has 0 saturated carbocycles. The lowest BCUT2D eigenvalue weighted by Crippen LogP contribution is -2.71. The van der Waals surface area contributed by atoms with E-state index in [0.717, 1.165) is 16.2 Å². The number of nitrogens with two attached hydrogens (primary N) is 3. The van der Waals surface area contributed by atoms with Gasteiger partial charge in [0.2, 0.25) is 0 Å². The first kappa shape index (κ1) is 26.7. The van der Waals surface area contributed by atoms with Gasteiger partial charge < -0.3 is 37.2 Å². The number of oxime groups is 1. The number of carbonyl (C=O) groups excluding carboxylic acids is 3. The van der Waals surface area contributed by atoms with E-state index in [1.807, 2.05) is 0 Å². The van der Waals surface area contributed by atoms with Crippen molar-refractivity contribution < 1.29 is 38.5 Å². The Morgan fingerprint density at radius 2 is 2.13 bits per heavy atom. The molecule has 0 aromatic carbocycles. The lowest BCUT2D eigenvalue weighted by molar-refractivity contribution is -0.767. The number of hydrogen-bond donors (Lipinski definition) is 5. The molecule has 8 N–H and O–H groups in total. The van der Waals surface area contributed by atoms with Crippen LogP contribution in [0.15, 0.2) is 34.1 Å². The van der Waals surface area contributed by atoms with Crippen molar-refractivity contribution in [3.63, 3.8) is 0 Å². The van der Waals surface area contributed by atoms with Gasteiger partial charge in [-0.15, -0.1) is 32.5 Å². The van der Waals surface area contributed by atoms with Crippen LogP contribution in [0.5, 0.6) is 0 Å². The number of primary amides is 1. The summed E-state index contributed by atoms with van der Waals surface area (Å²) >= 11 is 2.41. The van der Waals surface area contributed by atoms with Gasteiger partial charge in [0, 0.05) is 16.7 Å². The van der Waals surface area contributed by atoms with Crippen molar-refractivity contribution in [1.29, 1.82) is 0 Å². The third-order valence-electron chi connectivity index (χ3n) is 5.62. The van der Waals surface area contributed by atoms with E-state index >= 15 is 0 Å². The van der Waals surface area contributed by atoms with E-state index in [0.29, 0.717) is 11.4 Å². The summed E-state index contributed by atoms with van der Waals surface area (Å²) in [6.45, 7) is 0.246. The number of nitrogens with zero attached hydrogens (tertiary/aromatic N) is 5. The van der Waals surface area contributed by atoms with Crippen molar-refractivity contribution >= 4 is 63.6 Å². The molecule has 1 saturated heterocycles. The Labute approximate surface area is 223 Å². The lowest BCUT2D eigenvalue weighted by atomic mass is 10.0. The fourth-order valence-corrected chi connectivity index (χ4v) is 5.89. The Morgan fingerprint density at radius 1 is 1.37 bits per heavy atom. The third kappa shape index (κ3) is 5.21. The van der Waals surface area contributed by atoms with Crippen molar-refractivity contribution in [2.75, 3.05) is 30.9 Å². The second-order valence-corrected chi connectivity index (χ2v) is 9.94. The molecule has 202 valence electrons. The summed E-state index contributed by atoms with van der Waals surface area (Å²) in [4.78, 5) is 58.9. The maximum absolute atomic E-state index is 13.0. The molecule has 2 aliphatic heterocycles. The quantitative estimate of drug-likeness (QED) is 0.0938. The van der Waals surface area contributed by atoms with Crippen LogP contribution >= 0.6 is 23.1 Å². The highest BCUT2D eigenvalue weighted by Gasteiger charge is 2.55. The van der Waals surface area contributed by atoms with E-state index in [1.54, 1.807) is 21.6 Å². The number of nitrogen functional groups attached to an aromatic ring is 2. The summed E-state index contributed by atoms with van der Waals surface area (Å²) in [6, 6.07) is 0.624. The number of hydrogen-bond acceptors (Lipinski definition) is 12. The molecule has 1 fully saturated rings. The molecular formula is C20H24N9O7S2+. The second-order valence-electron chi connectivity index (χ2n) is 7.94. The molecule has 4 heterocycles.